The van der Waals surface area contributed by atoms with E-state index in [9.17, 15) is 18.0 Å². The number of aryl methyl sites for hydroxylation is 1. The van der Waals surface area contributed by atoms with Gasteiger partial charge in [-0.25, -0.2) is 9.67 Å². The summed E-state index contributed by atoms with van der Waals surface area (Å²) in [5, 5.41) is 15.1. The molecule has 0 radical (unpaired) electrons. The van der Waals surface area contributed by atoms with Crippen molar-refractivity contribution in [2.75, 3.05) is 12.4 Å². The Bertz CT molecular complexity index is 1720. The summed E-state index contributed by atoms with van der Waals surface area (Å²) in [5.74, 6) is -0.449. The van der Waals surface area contributed by atoms with Gasteiger partial charge in [-0.2, -0.15) is 13.2 Å². The molecule has 0 saturated heterocycles. The number of aromatic nitrogens is 5. The molecule has 5 aromatic rings. The van der Waals surface area contributed by atoms with Crippen LogP contribution in [0, 0.1) is 6.92 Å². The van der Waals surface area contributed by atoms with Gasteiger partial charge in [-0.05, 0) is 48.9 Å². The Labute approximate surface area is 233 Å². The van der Waals surface area contributed by atoms with Crippen molar-refractivity contribution in [2.45, 2.75) is 39.5 Å². The summed E-state index contributed by atoms with van der Waals surface area (Å²) in [5.41, 5.74) is 3.06. The Kier molecular flexibility index (Phi) is 7.50. The molecule has 0 atom stereocenters. The lowest BCUT2D eigenvalue weighted by Gasteiger charge is -2.19. The average Bonchev–Trinajstić information content (AvgIpc) is 3.61. The first-order chi connectivity index (χ1) is 19.5. The molecule has 3 heterocycles. The zero-order chi connectivity index (χ0) is 29.3. The number of fused-ring (bicyclic) bond motifs is 1. The lowest BCUT2D eigenvalue weighted by molar-refractivity contribution is -0.137. The van der Waals surface area contributed by atoms with Crippen LogP contribution in [0.3, 0.4) is 0 Å². The van der Waals surface area contributed by atoms with E-state index in [1.165, 1.54) is 7.11 Å². The minimum atomic E-state index is -4.61. The quantitative estimate of drug-likeness (QED) is 0.217. The van der Waals surface area contributed by atoms with Crippen molar-refractivity contribution >= 4 is 22.6 Å². The lowest BCUT2D eigenvalue weighted by atomic mass is 10.1. The largest absolute Gasteiger partial charge is 0.494 e. The van der Waals surface area contributed by atoms with Crippen LogP contribution >= 0.6 is 0 Å². The number of hydrogen-bond acceptors (Lipinski definition) is 6. The van der Waals surface area contributed by atoms with E-state index in [0.717, 1.165) is 34.3 Å². The fourth-order valence-corrected chi connectivity index (χ4v) is 4.42. The minimum absolute atomic E-state index is 0.0309. The van der Waals surface area contributed by atoms with Crippen LogP contribution in [0.15, 0.2) is 61.1 Å². The van der Waals surface area contributed by atoms with Crippen molar-refractivity contribution < 1.29 is 22.7 Å². The minimum Gasteiger partial charge on any atom is -0.494 e. The Balaban J connectivity index is 1.45. The number of carbonyl (C=O) groups excluding carboxylic acids is 1. The average molecular weight is 564 g/mol. The monoisotopic (exact) mass is 563 g/mol. The number of H-pyrrole nitrogens is 1. The number of ether oxygens (including phenoxy) is 1. The van der Waals surface area contributed by atoms with Crippen LogP contribution in [0.2, 0.25) is 0 Å². The van der Waals surface area contributed by atoms with Crippen LogP contribution < -0.4 is 15.4 Å². The summed E-state index contributed by atoms with van der Waals surface area (Å²) >= 11 is 0. The molecule has 0 aliphatic carbocycles. The molecule has 0 bridgehead atoms. The number of amides is 1. The highest BCUT2D eigenvalue weighted by molar-refractivity contribution is 6.05. The Morgan fingerprint density at radius 1 is 1.15 bits per heavy atom. The smallest absolute Gasteiger partial charge is 0.416 e. The summed E-state index contributed by atoms with van der Waals surface area (Å²) in [6.45, 7) is 5.75. The van der Waals surface area contributed by atoms with E-state index in [0.29, 0.717) is 11.4 Å². The molecular weight excluding hydrogens is 535 g/mol. The molecule has 2 aromatic carbocycles. The third-order valence-electron chi connectivity index (χ3n) is 6.55. The fourth-order valence-electron chi connectivity index (χ4n) is 4.42. The molecule has 0 spiro atoms. The summed E-state index contributed by atoms with van der Waals surface area (Å²) < 4.78 is 48.1. The number of hydrogen-bond donors (Lipinski definition) is 3. The molecule has 3 N–H and O–H groups in total. The Hall–Kier alpha value is -4.71. The highest BCUT2D eigenvalue weighted by atomic mass is 19.4. The molecule has 0 aliphatic heterocycles. The van der Waals surface area contributed by atoms with E-state index in [-0.39, 0.29) is 35.2 Å². The van der Waals surface area contributed by atoms with Gasteiger partial charge in [0, 0.05) is 47.1 Å². The van der Waals surface area contributed by atoms with Gasteiger partial charge in [-0.1, -0.05) is 25.1 Å². The topological polar surface area (TPSA) is 110 Å². The third-order valence-corrected chi connectivity index (χ3v) is 6.55. The normalized spacial score (nSPS) is 11.8. The molecular formula is C29H28F3N7O2. The van der Waals surface area contributed by atoms with Gasteiger partial charge in [0.05, 0.1) is 30.2 Å². The lowest BCUT2D eigenvalue weighted by Crippen LogP contribution is -2.23. The number of halogens is 3. The standard InChI is InChI=1S/C29H28F3N7O2/c1-16(2)34-14-21-10-22(29(30,31)32)12-23(26(21)41-4)36-28(40)19-6-5-17(3)25(11-19)39-15-24(37-38-39)20-9-18-7-8-33-27(18)35-13-20/h5-13,15-16,34H,14H2,1-4H3,(H,33,35)(H,36,40). The van der Waals surface area contributed by atoms with Crippen molar-refractivity contribution in [1.29, 1.82) is 0 Å². The van der Waals surface area contributed by atoms with Gasteiger partial charge in [-0.3, -0.25) is 4.79 Å². The van der Waals surface area contributed by atoms with Gasteiger partial charge < -0.3 is 20.4 Å². The molecule has 12 heteroatoms. The van der Waals surface area contributed by atoms with Crippen LogP contribution in [0.4, 0.5) is 18.9 Å². The van der Waals surface area contributed by atoms with E-state index in [2.05, 4.69) is 30.9 Å². The number of anilines is 1. The predicted molar refractivity (Wildman–Crippen MR) is 149 cm³/mol. The van der Waals surface area contributed by atoms with Crippen molar-refractivity contribution in [2.24, 2.45) is 0 Å². The maximum atomic E-state index is 13.7. The molecule has 0 aliphatic rings. The number of nitrogens with one attached hydrogen (secondary N) is 3. The Morgan fingerprint density at radius 2 is 1.95 bits per heavy atom. The second-order valence-electron chi connectivity index (χ2n) is 9.89. The number of methoxy groups -OCH3 is 1. The van der Waals surface area contributed by atoms with Gasteiger partial charge in [0.25, 0.3) is 5.91 Å². The van der Waals surface area contributed by atoms with E-state index < -0.39 is 17.6 Å². The van der Waals surface area contributed by atoms with Crippen molar-refractivity contribution in [3.63, 3.8) is 0 Å². The van der Waals surface area contributed by atoms with Gasteiger partial charge in [-0.15, -0.1) is 5.10 Å². The molecule has 41 heavy (non-hydrogen) atoms. The van der Waals surface area contributed by atoms with Crippen LogP contribution in [0.5, 0.6) is 5.75 Å². The van der Waals surface area contributed by atoms with Crippen molar-refractivity contribution in [1.82, 2.24) is 30.3 Å². The predicted octanol–water partition coefficient (Wildman–Crippen LogP) is 5.90. The fraction of sp³-hybridized carbons (Fsp3) is 0.241. The number of alkyl halides is 3. The van der Waals surface area contributed by atoms with E-state index in [1.807, 2.05) is 32.9 Å². The van der Waals surface area contributed by atoms with E-state index >= 15 is 0 Å². The number of rotatable bonds is 8. The highest BCUT2D eigenvalue weighted by Crippen LogP contribution is 2.38. The van der Waals surface area contributed by atoms with Crippen LogP contribution in [0.25, 0.3) is 28.0 Å². The van der Waals surface area contributed by atoms with E-state index in [4.69, 9.17) is 4.74 Å². The maximum absolute atomic E-state index is 13.7. The van der Waals surface area contributed by atoms with Gasteiger partial charge in [0.1, 0.15) is 17.1 Å². The van der Waals surface area contributed by atoms with Crippen LogP contribution in [-0.2, 0) is 12.7 Å². The second kappa shape index (κ2) is 11.0. The van der Waals surface area contributed by atoms with Crippen LogP contribution in [-0.4, -0.2) is 44.0 Å². The first-order valence-electron chi connectivity index (χ1n) is 12.8. The zero-order valence-electron chi connectivity index (χ0n) is 22.8. The summed E-state index contributed by atoms with van der Waals surface area (Å²) in [7, 11) is 1.35. The summed E-state index contributed by atoms with van der Waals surface area (Å²) in [6.07, 6.45) is 0.610. The number of carbonyl (C=O) groups is 1. The van der Waals surface area contributed by atoms with E-state index in [1.54, 1.807) is 41.5 Å². The molecule has 9 nitrogen and oxygen atoms in total. The molecule has 0 saturated carbocycles. The van der Waals surface area contributed by atoms with Gasteiger partial charge in [0.15, 0.2) is 0 Å². The number of nitrogens with zero attached hydrogens (tertiary/aromatic N) is 4. The number of pyridine rings is 1. The van der Waals surface area contributed by atoms with Gasteiger partial charge >= 0.3 is 6.18 Å². The maximum Gasteiger partial charge on any atom is 0.416 e. The van der Waals surface area contributed by atoms with Crippen molar-refractivity contribution in [3.05, 3.63) is 83.3 Å². The first kappa shape index (κ1) is 27.8. The SMILES string of the molecule is COc1c(CNC(C)C)cc(C(F)(F)F)cc1NC(=O)c1ccc(C)c(-n2cc(-c3cnc4[nH]ccc4c3)nn2)c1. The highest BCUT2D eigenvalue weighted by Gasteiger charge is 2.33. The first-order valence-corrected chi connectivity index (χ1v) is 12.8. The van der Waals surface area contributed by atoms with Crippen LogP contribution in [0.1, 0.15) is 40.9 Å². The van der Waals surface area contributed by atoms with Crippen molar-refractivity contribution in [3.8, 4) is 22.7 Å². The summed E-state index contributed by atoms with van der Waals surface area (Å²) in [4.78, 5) is 20.8. The zero-order valence-corrected chi connectivity index (χ0v) is 22.8. The number of benzene rings is 2. The molecule has 5 rings (SSSR count). The molecule has 1 amide bonds. The third kappa shape index (κ3) is 5.92. The Morgan fingerprint density at radius 3 is 2.68 bits per heavy atom. The molecule has 0 unspecified atom stereocenters. The number of aromatic amines is 1. The molecule has 3 aromatic heterocycles. The molecule has 212 valence electrons. The van der Waals surface area contributed by atoms with Gasteiger partial charge in [0.2, 0.25) is 0 Å². The summed E-state index contributed by atoms with van der Waals surface area (Å²) in [6, 6.07) is 10.7. The molecule has 0 fully saturated rings. The second-order valence-corrected chi connectivity index (χ2v) is 9.89.